The molecule has 5 aromatic heterocycles. The van der Waals surface area contributed by atoms with Gasteiger partial charge >= 0.3 is 0 Å². The number of hydrogen-bond acceptors (Lipinski definition) is 8. The van der Waals surface area contributed by atoms with Crippen LogP contribution in [0, 0.1) is 24.7 Å². The highest BCUT2D eigenvalue weighted by molar-refractivity contribution is 6.12. The number of aromatic nitrogens is 12. The molecule has 0 atom stereocenters. The molecule has 0 saturated carbocycles. The summed E-state index contributed by atoms with van der Waals surface area (Å²) in [5, 5.41) is 3.44. The van der Waals surface area contributed by atoms with Crippen molar-refractivity contribution in [2.75, 3.05) is 0 Å². The molecule has 2 aliphatic rings. The van der Waals surface area contributed by atoms with E-state index in [4.69, 9.17) is 52.7 Å². The van der Waals surface area contributed by atoms with Gasteiger partial charge in [0.1, 0.15) is 34.2 Å². The highest BCUT2D eigenvalue weighted by Gasteiger charge is 2.24. The topological polar surface area (TPSA) is 145 Å². The van der Waals surface area contributed by atoms with Gasteiger partial charge in [-0.3, -0.25) is 0 Å². The van der Waals surface area contributed by atoms with E-state index in [0.717, 1.165) is 126 Å². The largest absolute Gasteiger partial charge is 0.324 e. The Balaban J connectivity index is 1.13. The molecule has 322 valence electrons. The molecule has 7 heterocycles. The molecule has 6 aromatic carbocycles. The fraction of sp³-hybridized carbons (Fsp3) is 0.107. The first-order valence-electron chi connectivity index (χ1n) is 22.7. The third-order valence-corrected chi connectivity index (χ3v) is 12.9. The number of aryl methyl sites for hydroxylation is 2. The van der Waals surface area contributed by atoms with Gasteiger partial charge < -0.3 is 19.1 Å². The predicted octanol–water partition coefficient (Wildman–Crippen LogP) is 11.7. The number of hydrogen-bond donors (Lipinski definition) is 2. The zero-order valence-corrected chi connectivity index (χ0v) is 37.0. The van der Waals surface area contributed by atoms with Crippen LogP contribution < -0.4 is 0 Å². The standard InChI is InChI=1S/C56H38N12/c1-5-25-67-45-29-41-39(27-43(45)57-55(67)33-21-17-31(7-3)18-22-33)51-61-47-35-13-9-10-14-36(35)48(59-47)62-52-40-28-44-46(68(26-6-2)56(58-44)34-23-19-32(8-4)20-24-34)30-42(40)54(66-52)64-50-38-16-12-11-15-37(38)49(60-50)63-53(41)65-51/h3-4,9-24,27-30H,5-6,25-26H2,1-2H3,(H2,59,60,61,62,63,64,65,66). The predicted molar refractivity (Wildman–Crippen MR) is 270 cm³/mol. The molecular formula is C56H38N12. The lowest BCUT2D eigenvalue weighted by atomic mass is 10.1. The van der Waals surface area contributed by atoms with Crippen LogP contribution in [0.2, 0.25) is 0 Å². The van der Waals surface area contributed by atoms with Gasteiger partial charge in [0.25, 0.3) is 0 Å². The summed E-state index contributed by atoms with van der Waals surface area (Å²) in [6.45, 7) is 5.87. The molecule has 0 amide bonds. The Kier molecular flexibility index (Phi) is 8.72. The lowest BCUT2D eigenvalue weighted by Crippen LogP contribution is -1.99. The fourth-order valence-corrected chi connectivity index (χ4v) is 9.70. The summed E-state index contributed by atoms with van der Waals surface area (Å²) in [6, 6.07) is 40.6. The summed E-state index contributed by atoms with van der Waals surface area (Å²) in [7, 11) is 0. The molecule has 8 bridgehead atoms. The second-order valence-corrected chi connectivity index (χ2v) is 17.1. The van der Waals surface area contributed by atoms with E-state index >= 15 is 0 Å². The zero-order chi connectivity index (χ0) is 45.6. The summed E-state index contributed by atoms with van der Waals surface area (Å²) < 4.78 is 4.54. The summed E-state index contributed by atoms with van der Waals surface area (Å²) in [6.07, 6.45) is 13.3. The van der Waals surface area contributed by atoms with E-state index in [1.54, 1.807) is 0 Å². The van der Waals surface area contributed by atoms with Crippen molar-refractivity contribution >= 4 is 66.2 Å². The Hall–Kier alpha value is -9.26. The molecule has 11 aromatic rings. The summed E-state index contributed by atoms with van der Waals surface area (Å²) in [5.41, 5.74) is 13.1. The average molecular weight is 879 g/mol. The maximum atomic E-state index is 5.71. The molecule has 0 spiro atoms. The Bertz CT molecular complexity index is 3920. The lowest BCUT2D eigenvalue weighted by molar-refractivity contribution is 0.704. The number of nitrogens with one attached hydrogen (secondary N) is 2. The van der Waals surface area contributed by atoms with Crippen molar-refractivity contribution < 1.29 is 0 Å². The average Bonchev–Trinajstić information content (AvgIpc) is 4.22. The van der Waals surface area contributed by atoms with Crippen LogP contribution in [-0.4, -0.2) is 59.0 Å². The van der Waals surface area contributed by atoms with Gasteiger partial charge in [0, 0.05) is 79.1 Å². The van der Waals surface area contributed by atoms with Gasteiger partial charge in [-0.2, -0.15) is 0 Å². The van der Waals surface area contributed by atoms with E-state index in [2.05, 4.69) is 69.1 Å². The third-order valence-electron chi connectivity index (χ3n) is 12.9. The molecule has 12 nitrogen and oxygen atoms in total. The maximum Gasteiger partial charge on any atom is 0.164 e. The maximum absolute atomic E-state index is 5.71. The third kappa shape index (κ3) is 6.05. The Labute approximate surface area is 388 Å². The smallest absolute Gasteiger partial charge is 0.164 e. The Morgan fingerprint density at radius 2 is 0.765 bits per heavy atom. The van der Waals surface area contributed by atoms with E-state index in [0.29, 0.717) is 45.9 Å². The zero-order valence-electron chi connectivity index (χ0n) is 37.0. The van der Waals surface area contributed by atoms with Crippen molar-refractivity contribution in [3.63, 3.8) is 0 Å². The van der Waals surface area contributed by atoms with Gasteiger partial charge in [-0.1, -0.05) is 98.5 Å². The van der Waals surface area contributed by atoms with E-state index in [1.165, 1.54) is 0 Å². The molecule has 12 heteroatoms. The second-order valence-electron chi connectivity index (χ2n) is 17.1. The quantitative estimate of drug-likeness (QED) is 0.157. The minimum Gasteiger partial charge on any atom is -0.324 e. The number of aromatic amines is 2. The first-order chi connectivity index (χ1) is 33.5. The molecule has 0 unspecified atom stereocenters. The van der Waals surface area contributed by atoms with Crippen molar-refractivity contribution in [1.29, 1.82) is 0 Å². The minimum atomic E-state index is 0.521. The van der Waals surface area contributed by atoms with Gasteiger partial charge in [-0.25, -0.2) is 39.9 Å². The van der Waals surface area contributed by atoms with E-state index in [-0.39, 0.29) is 0 Å². The Morgan fingerprint density at radius 3 is 1.09 bits per heavy atom. The number of terminal acetylenes is 2. The number of rotatable bonds is 6. The van der Waals surface area contributed by atoms with Crippen molar-refractivity contribution in [2.24, 2.45) is 0 Å². The van der Waals surface area contributed by atoms with Crippen LogP contribution in [0.4, 0.5) is 0 Å². The second kappa shape index (κ2) is 15.2. The molecule has 0 radical (unpaired) electrons. The first kappa shape index (κ1) is 39.1. The Morgan fingerprint density at radius 1 is 0.426 bits per heavy atom. The molecule has 0 fully saturated rings. The summed E-state index contributed by atoms with van der Waals surface area (Å²) in [4.78, 5) is 49.2. The first-order valence-corrected chi connectivity index (χ1v) is 22.7. The molecule has 2 aliphatic heterocycles. The van der Waals surface area contributed by atoms with Gasteiger partial charge in [0.15, 0.2) is 23.3 Å². The van der Waals surface area contributed by atoms with Crippen LogP contribution in [0.15, 0.2) is 121 Å². The molecule has 68 heavy (non-hydrogen) atoms. The molecule has 13 rings (SSSR count). The number of benzene rings is 6. The van der Waals surface area contributed by atoms with Crippen LogP contribution in [-0.2, 0) is 13.1 Å². The number of nitrogens with zero attached hydrogens (tertiary/aromatic N) is 10. The van der Waals surface area contributed by atoms with Crippen LogP contribution in [0.3, 0.4) is 0 Å². The van der Waals surface area contributed by atoms with Crippen LogP contribution >= 0.6 is 0 Å². The number of fused-ring (bicyclic) bond motifs is 22. The lowest BCUT2D eigenvalue weighted by Gasteiger charge is -2.08. The molecule has 0 aliphatic carbocycles. The monoisotopic (exact) mass is 878 g/mol. The van der Waals surface area contributed by atoms with Crippen LogP contribution in [0.25, 0.3) is 135 Å². The SMILES string of the molecule is C#Cc1ccc(-c2nc3cc4c5nc6nc(nc7[nH]c(nc8nc(nc([nH]5)c4cc3n2CCC)-c2ccccc2-8)c2cc3c(cc72)nc(-c2ccc(C#C)cc2)n3CCC)-c2ccccc2-6)cc1. The van der Waals surface area contributed by atoms with Crippen molar-refractivity contribution in [3.05, 3.63) is 132 Å². The van der Waals surface area contributed by atoms with E-state index in [9.17, 15) is 0 Å². The van der Waals surface area contributed by atoms with Crippen molar-refractivity contribution in [3.8, 4) is 93.0 Å². The van der Waals surface area contributed by atoms with Gasteiger partial charge in [0.2, 0.25) is 0 Å². The normalized spacial score (nSPS) is 11.9. The van der Waals surface area contributed by atoms with E-state index < -0.39 is 0 Å². The van der Waals surface area contributed by atoms with E-state index in [1.807, 2.05) is 97.1 Å². The van der Waals surface area contributed by atoms with Gasteiger partial charge in [0.05, 0.1) is 22.1 Å². The number of imidazole rings is 2. The molecular weight excluding hydrogens is 841 g/mol. The van der Waals surface area contributed by atoms with Crippen LogP contribution in [0.5, 0.6) is 0 Å². The van der Waals surface area contributed by atoms with Crippen LogP contribution in [0.1, 0.15) is 37.8 Å². The summed E-state index contributed by atoms with van der Waals surface area (Å²) in [5.74, 6) is 9.28. The van der Waals surface area contributed by atoms with Crippen molar-refractivity contribution in [1.82, 2.24) is 59.0 Å². The fourth-order valence-electron chi connectivity index (χ4n) is 9.70. The highest BCUT2D eigenvalue weighted by Crippen LogP contribution is 2.39. The van der Waals surface area contributed by atoms with Gasteiger partial charge in [-0.15, -0.1) is 12.8 Å². The van der Waals surface area contributed by atoms with Gasteiger partial charge in [-0.05, 0) is 61.4 Å². The minimum absolute atomic E-state index is 0.521. The summed E-state index contributed by atoms with van der Waals surface area (Å²) >= 11 is 0. The highest BCUT2D eigenvalue weighted by atomic mass is 15.1. The molecule has 0 saturated heterocycles. The number of H-pyrrole nitrogens is 2. The molecule has 2 N–H and O–H groups in total. The van der Waals surface area contributed by atoms with Crippen molar-refractivity contribution in [2.45, 2.75) is 39.8 Å².